The smallest absolute Gasteiger partial charge is 0.407 e. The summed E-state index contributed by atoms with van der Waals surface area (Å²) < 4.78 is 5.15. The molecule has 1 amide bonds. The molecule has 4 heteroatoms. The summed E-state index contributed by atoms with van der Waals surface area (Å²) in [6.07, 6.45) is 2.47. The number of hydrogen-bond acceptors (Lipinski definition) is 3. The maximum absolute atomic E-state index is 11.4. The molecule has 0 spiro atoms. The molecule has 0 aliphatic carbocycles. The highest BCUT2D eigenvalue weighted by molar-refractivity contribution is 5.67. The topological polar surface area (TPSA) is 62.1 Å². The summed E-state index contributed by atoms with van der Waals surface area (Å²) >= 11 is 0. The number of nitriles is 1. The fourth-order valence-electron chi connectivity index (χ4n) is 1.70. The van der Waals surface area contributed by atoms with Crippen molar-refractivity contribution < 1.29 is 9.53 Å². The lowest BCUT2D eigenvalue weighted by molar-refractivity contribution is 0.0527. The Hall–Kier alpha value is -2.02. The van der Waals surface area contributed by atoms with Gasteiger partial charge in [-0.15, -0.1) is 0 Å². The number of carbonyl (C=O) groups excluding carboxylic acids is 1. The molecule has 0 saturated heterocycles. The molecule has 0 fully saturated rings. The first-order valence-corrected chi connectivity index (χ1v) is 6.86. The third-order valence-electron chi connectivity index (χ3n) is 2.64. The van der Waals surface area contributed by atoms with Gasteiger partial charge in [0, 0.05) is 6.54 Å². The molecule has 0 saturated carbocycles. The van der Waals surface area contributed by atoms with Gasteiger partial charge in [0.2, 0.25) is 0 Å². The fourth-order valence-corrected chi connectivity index (χ4v) is 1.70. The largest absolute Gasteiger partial charge is 0.444 e. The lowest BCUT2D eigenvalue weighted by Crippen LogP contribution is -2.33. The molecule has 108 valence electrons. The highest BCUT2D eigenvalue weighted by Crippen LogP contribution is 2.08. The van der Waals surface area contributed by atoms with Crippen molar-refractivity contribution >= 4 is 6.09 Å². The van der Waals surface area contributed by atoms with E-state index in [1.165, 1.54) is 5.56 Å². The van der Waals surface area contributed by atoms with E-state index in [4.69, 9.17) is 10.00 Å². The van der Waals surface area contributed by atoms with Crippen LogP contribution in [0.2, 0.25) is 0 Å². The van der Waals surface area contributed by atoms with Crippen molar-refractivity contribution in [3.63, 3.8) is 0 Å². The van der Waals surface area contributed by atoms with E-state index in [1.807, 2.05) is 45.0 Å². The minimum Gasteiger partial charge on any atom is -0.444 e. The molecule has 1 aromatic rings. The third kappa shape index (κ3) is 6.79. The van der Waals surface area contributed by atoms with Crippen LogP contribution in [0, 0.1) is 11.3 Å². The van der Waals surface area contributed by atoms with Gasteiger partial charge >= 0.3 is 6.09 Å². The number of carbonyl (C=O) groups is 1. The molecule has 0 unspecified atom stereocenters. The van der Waals surface area contributed by atoms with Gasteiger partial charge in [-0.1, -0.05) is 12.1 Å². The summed E-state index contributed by atoms with van der Waals surface area (Å²) in [7, 11) is 0. The number of rotatable bonds is 5. The first-order chi connectivity index (χ1) is 9.40. The van der Waals surface area contributed by atoms with Crippen molar-refractivity contribution in [1.82, 2.24) is 5.32 Å². The SMILES string of the molecule is CC(C)(C)OC(=O)NCCCCc1ccc(C#N)cc1. The van der Waals surface area contributed by atoms with Crippen molar-refractivity contribution in [3.05, 3.63) is 35.4 Å². The van der Waals surface area contributed by atoms with Crippen LogP contribution in [0.4, 0.5) is 4.79 Å². The molecule has 0 aliphatic heterocycles. The predicted octanol–water partition coefficient (Wildman–Crippen LogP) is 3.41. The lowest BCUT2D eigenvalue weighted by Gasteiger charge is -2.19. The van der Waals surface area contributed by atoms with E-state index in [0.717, 1.165) is 19.3 Å². The van der Waals surface area contributed by atoms with Gasteiger partial charge in [-0.3, -0.25) is 0 Å². The molecule has 0 aromatic heterocycles. The van der Waals surface area contributed by atoms with E-state index in [1.54, 1.807) is 0 Å². The molecule has 4 nitrogen and oxygen atoms in total. The Morgan fingerprint density at radius 2 is 1.90 bits per heavy atom. The quantitative estimate of drug-likeness (QED) is 0.837. The zero-order valence-electron chi connectivity index (χ0n) is 12.4. The summed E-state index contributed by atoms with van der Waals surface area (Å²) in [5, 5.41) is 11.4. The number of unbranched alkanes of at least 4 members (excludes halogenated alkanes) is 1. The molecule has 1 N–H and O–H groups in total. The molecule has 0 heterocycles. The number of nitrogens with one attached hydrogen (secondary N) is 1. The molecule has 1 rings (SSSR count). The third-order valence-corrected chi connectivity index (χ3v) is 2.64. The predicted molar refractivity (Wildman–Crippen MR) is 78.3 cm³/mol. The first kappa shape index (κ1) is 16.0. The van der Waals surface area contributed by atoms with Gasteiger partial charge in [-0.25, -0.2) is 4.79 Å². The van der Waals surface area contributed by atoms with Gasteiger partial charge in [0.25, 0.3) is 0 Å². The normalized spacial score (nSPS) is 10.7. The summed E-state index contributed by atoms with van der Waals surface area (Å²) in [5.41, 5.74) is 1.44. The summed E-state index contributed by atoms with van der Waals surface area (Å²) in [5.74, 6) is 0. The number of nitrogens with zero attached hydrogens (tertiary/aromatic N) is 1. The van der Waals surface area contributed by atoms with Gasteiger partial charge in [0.15, 0.2) is 0 Å². The van der Waals surface area contributed by atoms with E-state index in [0.29, 0.717) is 12.1 Å². The van der Waals surface area contributed by atoms with E-state index in [-0.39, 0.29) is 6.09 Å². The van der Waals surface area contributed by atoms with E-state index in [9.17, 15) is 4.79 Å². The summed E-state index contributed by atoms with van der Waals surface area (Å²) in [6, 6.07) is 9.70. The van der Waals surface area contributed by atoms with Crippen LogP contribution in [0.3, 0.4) is 0 Å². The monoisotopic (exact) mass is 274 g/mol. The summed E-state index contributed by atoms with van der Waals surface area (Å²) in [6.45, 7) is 6.15. The van der Waals surface area contributed by atoms with Crippen molar-refractivity contribution in [2.75, 3.05) is 6.54 Å². The summed E-state index contributed by atoms with van der Waals surface area (Å²) in [4.78, 5) is 11.4. The Kier molecular flexibility index (Phi) is 6.05. The van der Waals surface area contributed by atoms with E-state index < -0.39 is 5.60 Å². The highest BCUT2D eigenvalue weighted by Gasteiger charge is 2.15. The number of hydrogen-bond donors (Lipinski definition) is 1. The average molecular weight is 274 g/mol. The molecular formula is C16H22N2O2. The van der Waals surface area contributed by atoms with Crippen molar-refractivity contribution in [2.24, 2.45) is 0 Å². The van der Waals surface area contributed by atoms with Gasteiger partial charge in [-0.05, 0) is 57.7 Å². The molecular weight excluding hydrogens is 252 g/mol. The highest BCUT2D eigenvalue weighted by atomic mass is 16.6. The van der Waals surface area contributed by atoms with Crippen LogP contribution in [0.1, 0.15) is 44.7 Å². The molecule has 0 bridgehead atoms. The maximum Gasteiger partial charge on any atom is 0.407 e. The van der Waals surface area contributed by atoms with Crippen molar-refractivity contribution in [2.45, 2.75) is 45.6 Å². The standard InChI is InChI=1S/C16H22N2O2/c1-16(2,3)20-15(19)18-11-5-4-6-13-7-9-14(12-17)10-8-13/h7-10H,4-6,11H2,1-3H3,(H,18,19). The Bertz CT molecular complexity index is 467. The Balaban J connectivity index is 2.16. The zero-order valence-corrected chi connectivity index (χ0v) is 12.4. The minimum absolute atomic E-state index is 0.365. The fraction of sp³-hybridized carbons (Fsp3) is 0.500. The second-order valence-electron chi connectivity index (χ2n) is 5.69. The number of ether oxygens (including phenoxy) is 1. The average Bonchev–Trinajstić information content (AvgIpc) is 2.37. The Morgan fingerprint density at radius 1 is 1.25 bits per heavy atom. The van der Waals surface area contributed by atoms with Crippen LogP contribution >= 0.6 is 0 Å². The van der Waals surface area contributed by atoms with Crippen LogP contribution in [-0.2, 0) is 11.2 Å². The molecule has 1 aromatic carbocycles. The molecule has 0 atom stereocenters. The van der Waals surface area contributed by atoms with E-state index in [2.05, 4.69) is 11.4 Å². The Labute approximate surface area is 120 Å². The second-order valence-corrected chi connectivity index (χ2v) is 5.69. The Morgan fingerprint density at radius 3 is 2.45 bits per heavy atom. The van der Waals surface area contributed by atoms with Crippen LogP contribution in [0.15, 0.2) is 24.3 Å². The van der Waals surface area contributed by atoms with Crippen LogP contribution < -0.4 is 5.32 Å². The van der Waals surface area contributed by atoms with Gasteiger partial charge in [0.1, 0.15) is 5.60 Å². The number of amides is 1. The van der Waals surface area contributed by atoms with Crippen molar-refractivity contribution in [1.29, 1.82) is 5.26 Å². The minimum atomic E-state index is -0.452. The van der Waals surface area contributed by atoms with Gasteiger partial charge < -0.3 is 10.1 Å². The van der Waals surface area contributed by atoms with Crippen molar-refractivity contribution in [3.8, 4) is 6.07 Å². The van der Waals surface area contributed by atoms with E-state index >= 15 is 0 Å². The number of aryl methyl sites for hydroxylation is 1. The number of benzene rings is 1. The first-order valence-electron chi connectivity index (χ1n) is 6.86. The van der Waals surface area contributed by atoms with Gasteiger partial charge in [-0.2, -0.15) is 5.26 Å². The van der Waals surface area contributed by atoms with Gasteiger partial charge in [0.05, 0.1) is 11.6 Å². The number of alkyl carbamates (subject to hydrolysis) is 1. The zero-order chi connectivity index (χ0) is 15.0. The lowest BCUT2D eigenvalue weighted by atomic mass is 10.1. The molecule has 0 aliphatic rings. The van der Waals surface area contributed by atoms with Crippen LogP contribution in [-0.4, -0.2) is 18.2 Å². The molecule has 0 radical (unpaired) electrons. The molecule has 20 heavy (non-hydrogen) atoms. The van der Waals surface area contributed by atoms with Crippen LogP contribution in [0.5, 0.6) is 0 Å². The van der Waals surface area contributed by atoms with Crippen LogP contribution in [0.25, 0.3) is 0 Å². The second kappa shape index (κ2) is 7.54. The maximum atomic E-state index is 11.4.